The average Bonchev–Trinajstić information content (AvgIpc) is 2.45. The van der Waals surface area contributed by atoms with Crippen LogP contribution in [0.2, 0.25) is 0 Å². The van der Waals surface area contributed by atoms with Crippen molar-refractivity contribution in [2.75, 3.05) is 5.43 Å². The number of halogens is 2. The molecule has 0 bridgehead atoms. The van der Waals surface area contributed by atoms with Gasteiger partial charge in [-0.2, -0.15) is 0 Å². The third kappa shape index (κ3) is 2.17. The number of hydrazine groups is 1. The van der Waals surface area contributed by atoms with E-state index in [4.69, 9.17) is 5.84 Å². The summed E-state index contributed by atoms with van der Waals surface area (Å²) in [6, 6.07) is 10.4. The molecule has 0 radical (unpaired) electrons. The Morgan fingerprint density at radius 2 is 1.65 bits per heavy atom. The minimum Gasteiger partial charge on any atom is -0.308 e. The van der Waals surface area contributed by atoms with Crippen LogP contribution in [0.4, 0.5) is 14.6 Å². The van der Waals surface area contributed by atoms with E-state index in [9.17, 15) is 8.78 Å². The van der Waals surface area contributed by atoms with Crippen molar-refractivity contribution < 1.29 is 8.78 Å². The summed E-state index contributed by atoms with van der Waals surface area (Å²) in [4.78, 5) is 8.49. The van der Waals surface area contributed by atoms with E-state index in [1.54, 1.807) is 12.1 Å². The monoisotopic (exact) mass is 272 g/mol. The molecular weight excluding hydrogens is 262 g/mol. The third-order valence-corrected chi connectivity index (χ3v) is 2.86. The van der Waals surface area contributed by atoms with E-state index in [2.05, 4.69) is 15.4 Å². The number of nitrogens with two attached hydrogens (primary N) is 1. The molecular formula is C14H10F2N4. The summed E-state index contributed by atoms with van der Waals surface area (Å²) >= 11 is 0. The van der Waals surface area contributed by atoms with Crippen LogP contribution < -0.4 is 11.3 Å². The van der Waals surface area contributed by atoms with Gasteiger partial charge < -0.3 is 5.43 Å². The summed E-state index contributed by atoms with van der Waals surface area (Å²) < 4.78 is 26.5. The molecule has 3 aromatic rings. The summed E-state index contributed by atoms with van der Waals surface area (Å²) in [5.41, 5.74) is 3.36. The highest BCUT2D eigenvalue weighted by Gasteiger charge is 2.10. The van der Waals surface area contributed by atoms with Crippen molar-refractivity contribution in [2.45, 2.75) is 0 Å². The van der Waals surface area contributed by atoms with Gasteiger partial charge in [0, 0.05) is 17.0 Å². The lowest BCUT2D eigenvalue weighted by Crippen LogP contribution is -2.10. The molecule has 1 heterocycles. The molecule has 6 heteroatoms. The van der Waals surface area contributed by atoms with Crippen molar-refractivity contribution in [3.05, 3.63) is 54.1 Å². The Labute approximate surface area is 113 Å². The van der Waals surface area contributed by atoms with Crippen molar-refractivity contribution in [2.24, 2.45) is 5.84 Å². The smallest absolute Gasteiger partial charge is 0.162 e. The van der Waals surface area contributed by atoms with Crippen LogP contribution in [0.1, 0.15) is 0 Å². The van der Waals surface area contributed by atoms with E-state index >= 15 is 0 Å². The van der Waals surface area contributed by atoms with Gasteiger partial charge in [0.15, 0.2) is 11.6 Å². The second-order valence-electron chi connectivity index (χ2n) is 4.22. The van der Waals surface area contributed by atoms with Gasteiger partial charge in [-0.25, -0.2) is 24.6 Å². The van der Waals surface area contributed by atoms with E-state index in [0.29, 0.717) is 11.3 Å². The fraction of sp³-hybridized carbons (Fsp3) is 0. The lowest BCUT2D eigenvalue weighted by molar-refractivity contribution is 0.584. The van der Waals surface area contributed by atoms with Crippen molar-refractivity contribution in [1.29, 1.82) is 0 Å². The molecule has 3 N–H and O–H groups in total. The zero-order valence-corrected chi connectivity index (χ0v) is 10.3. The predicted molar refractivity (Wildman–Crippen MR) is 72.7 cm³/mol. The van der Waals surface area contributed by atoms with E-state index < -0.39 is 11.6 Å². The largest absolute Gasteiger partial charge is 0.308 e. The maximum Gasteiger partial charge on any atom is 0.162 e. The predicted octanol–water partition coefficient (Wildman–Crippen LogP) is 2.86. The van der Waals surface area contributed by atoms with E-state index in [-0.39, 0.29) is 11.4 Å². The fourth-order valence-electron chi connectivity index (χ4n) is 2.00. The van der Waals surface area contributed by atoms with Crippen molar-refractivity contribution >= 4 is 16.7 Å². The second kappa shape index (κ2) is 4.82. The summed E-state index contributed by atoms with van der Waals surface area (Å²) in [5.74, 6) is 4.67. The maximum atomic E-state index is 13.3. The van der Waals surface area contributed by atoms with Crippen molar-refractivity contribution in [3.63, 3.8) is 0 Å². The van der Waals surface area contributed by atoms with Gasteiger partial charge in [-0.3, -0.25) is 0 Å². The highest BCUT2D eigenvalue weighted by Crippen LogP contribution is 2.25. The number of nitrogens with zero attached hydrogens (tertiary/aromatic N) is 2. The Morgan fingerprint density at radius 1 is 0.950 bits per heavy atom. The normalized spacial score (nSPS) is 10.8. The van der Waals surface area contributed by atoms with Crippen molar-refractivity contribution in [3.8, 4) is 11.4 Å². The molecule has 0 saturated heterocycles. The van der Waals surface area contributed by atoms with Crippen LogP contribution in [0.5, 0.6) is 0 Å². The molecule has 0 aliphatic carbocycles. The lowest BCUT2D eigenvalue weighted by Gasteiger charge is -2.08. The highest BCUT2D eigenvalue weighted by molar-refractivity contribution is 5.90. The van der Waals surface area contributed by atoms with E-state index in [0.717, 1.165) is 11.5 Å². The second-order valence-corrected chi connectivity index (χ2v) is 4.22. The number of rotatable bonds is 2. The zero-order valence-electron chi connectivity index (χ0n) is 10.3. The topological polar surface area (TPSA) is 63.8 Å². The third-order valence-electron chi connectivity index (χ3n) is 2.86. The summed E-state index contributed by atoms with van der Waals surface area (Å²) in [6.45, 7) is 0. The van der Waals surface area contributed by atoms with Crippen LogP contribution in [0.15, 0.2) is 42.5 Å². The molecule has 0 saturated carbocycles. The molecule has 0 amide bonds. The van der Waals surface area contributed by atoms with E-state index in [1.165, 1.54) is 12.1 Å². The standard InChI is InChI=1S/C14H10F2N4/c15-9-5-8(6-10(16)7-9)13-18-12-4-2-1-3-11(12)14(19-13)20-17/h1-7H,17H2,(H,18,19,20). The first-order valence-electron chi connectivity index (χ1n) is 5.87. The van der Waals surface area contributed by atoms with E-state index in [1.807, 2.05) is 12.1 Å². The van der Waals surface area contributed by atoms with Gasteiger partial charge in [-0.05, 0) is 24.3 Å². The van der Waals surface area contributed by atoms with Gasteiger partial charge in [0.05, 0.1) is 5.52 Å². The minimum absolute atomic E-state index is 0.204. The Morgan fingerprint density at radius 3 is 2.35 bits per heavy atom. The Hall–Kier alpha value is -2.60. The molecule has 0 aliphatic heterocycles. The van der Waals surface area contributed by atoms with Gasteiger partial charge in [0.2, 0.25) is 0 Å². The minimum atomic E-state index is -0.681. The van der Waals surface area contributed by atoms with Crippen LogP contribution in [0.25, 0.3) is 22.3 Å². The Kier molecular flexibility index (Phi) is 3.00. The number of hydrogen-bond donors (Lipinski definition) is 2. The van der Waals surface area contributed by atoms with Gasteiger partial charge in [-0.15, -0.1) is 0 Å². The number of benzene rings is 2. The number of aromatic nitrogens is 2. The molecule has 0 spiro atoms. The number of nitrogens with one attached hydrogen (secondary N) is 1. The molecule has 4 nitrogen and oxygen atoms in total. The first-order valence-corrected chi connectivity index (χ1v) is 5.87. The summed E-state index contributed by atoms with van der Waals surface area (Å²) in [7, 11) is 0. The van der Waals surface area contributed by atoms with Gasteiger partial charge in [0.25, 0.3) is 0 Å². The van der Waals surface area contributed by atoms with Crippen LogP contribution in [0, 0.1) is 11.6 Å². The molecule has 2 aromatic carbocycles. The Bertz CT molecular complexity index is 769. The maximum absolute atomic E-state index is 13.3. The number of hydrogen-bond acceptors (Lipinski definition) is 4. The quantitative estimate of drug-likeness (QED) is 0.556. The van der Waals surface area contributed by atoms with Crippen LogP contribution in [-0.2, 0) is 0 Å². The lowest BCUT2D eigenvalue weighted by atomic mass is 10.1. The first kappa shape index (κ1) is 12.4. The van der Waals surface area contributed by atoms with Crippen molar-refractivity contribution in [1.82, 2.24) is 9.97 Å². The summed E-state index contributed by atoms with van der Waals surface area (Å²) in [6.07, 6.45) is 0. The van der Waals surface area contributed by atoms with Crippen LogP contribution >= 0.6 is 0 Å². The molecule has 0 unspecified atom stereocenters. The van der Waals surface area contributed by atoms with Gasteiger partial charge in [0.1, 0.15) is 11.6 Å². The zero-order chi connectivity index (χ0) is 14.1. The van der Waals surface area contributed by atoms with Gasteiger partial charge in [-0.1, -0.05) is 12.1 Å². The molecule has 0 atom stereocenters. The number of para-hydroxylation sites is 1. The molecule has 20 heavy (non-hydrogen) atoms. The van der Waals surface area contributed by atoms with Crippen LogP contribution in [0.3, 0.4) is 0 Å². The molecule has 0 aliphatic rings. The number of anilines is 1. The molecule has 100 valence electrons. The molecule has 0 fully saturated rings. The first-order chi connectivity index (χ1) is 9.67. The fourth-order valence-corrected chi connectivity index (χ4v) is 2.00. The number of nitrogen functional groups attached to an aromatic ring is 1. The van der Waals surface area contributed by atoms with Gasteiger partial charge >= 0.3 is 0 Å². The van der Waals surface area contributed by atoms with Crippen LogP contribution in [-0.4, -0.2) is 9.97 Å². The molecule has 3 rings (SSSR count). The average molecular weight is 272 g/mol. The number of fused-ring (bicyclic) bond motifs is 1. The molecule has 1 aromatic heterocycles. The summed E-state index contributed by atoms with van der Waals surface area (Å²) in [5, 5.41) is 0.732. The highest BCUT2D eigenvalue weighted by atomic mass is 19.1. The Balaban J connectivity index is 2.26. The SMILES string of the molecule is NNc1nc(-c2cc(F)cc(F)c2)nc2ccccc12.